The van der Waals surface area contributed by atoms with Crippen molar-refractivity contribution in [2.75, 3.05) is 20.2 Å². The van der Waals surface area contributed by atoms with E-state index >= 15 is 0 Å². The van der Waals surface area contributed by atoms with E-state index in [1.54, 1.807) is 18.4 Å². The Morgan fingerprint density at radius 3 is 2.96 bits per heavy atom. The van der Waals surface area contributed by atoms with Gasteiger partial charge >= 0.3 is 0 Å². The molecule has 6 rings (SSSR count). The number of aromatic amines is 1. The minimum absolute atomic E-state index is 0. The first-order chi connectivity index (χ1) is 11.3. The normalized spacial score (nSPS) is 33.7. The Bertz CT molecular complexity index is 755. The van der Waals surface area contributed by atoms with Crippen molar-refractivity contribution in [2.45, 2.75) is 44.6 Å². The summed E-state index contributed by atoms with van der Waals surface area (Å²) in [5, 5.41) is 1.39. The van der Waals surface area contributed by atoms with Crippen molar-refractivity contribution in [1.29, 1.82) is 0 Å². The number of nitrogens with zero attached hydrogens (tertiary/aromatic N) is 1. The summed E-state index contributed by atoms with van der Waals surface area (Å²) in [6, 6.07) is 7.26. The number of aromatic nitrogens is 1. The molecule has 0 amide bonds. The van der Waals surface area contributed by atoms with Crippen molar-refractivity contribution in [3.8, 4) is 5.75 Å². The van der Waals surface area contributed by atoms with Crippen molar-refractivity contribution in [1.82, 2.24) is 9.88 Å². The maximum Gasteiger partial charge on any atom is 0.119 e. The van der Waals surface area contributed by atoms with Crippen LogP contribution < -0.4 is 17.1 Å². The number of hydrogen-bond acceptors (Lipinski definition) is 2. The Hall–Kier alpha value is -1.19. The SMILES string of the molecule is CC[C@H]1C[C@@H]2C[C@H]3c4[nH]c5ccc(OC)cc5c4CCN(C2)[C@@H]13.[Cl-]. The molecule has 130 valence electrons. The molecule has 1 unspecified atom stereocenters. The number of piperidine rings is 2. The molecule has 4 heteroatoms. The molecule has 24 heavy (non-hydrogen) atoms. The predicted octanol–water partition coefficient (Wildman–Crippen LogP) is 0.941. The summed E-state index contributed by atoms with van der Waals surface area (Å²) in [5.41, 5.74) is 4.40. The van der Waals surface area contributed by atoms with Gasteiger partial charge in [-0.3, -0.25) is 4.90 Å². The lowest BCUT2D eigenvalue weighted by molar-refractivity contribution is -0.0134. The number of rotatable bonds is 2. The molecule has 1 aromatic heterocycles. The molecule has 0 spiro atoms. The highest BCUT2D eigenvalue weighted by atomic mass is 35.5. The van der Waals surface area contributed by atoms with Crippen LogP contribution in [0.1, 0.15) is 43.4 Å². The Labute approximate surface area is 150 Å². The highest BCUT2D eigenvalue weighted by Crippen LogP contribution is 2.51. The number of hydrogen-bond donors (Lipinski definition) is 1. The fourth-order valence-corrected chi connectivity index (χ4v) is 5.80. The zero-order valence-electron chi connectivity index (χ0n) is 14.5. The highest BCUT2D eigenvalue weighted by molar-refractivity contribution is 5.86. The second kappa shape index (κ2) is 5.96. The third-order valence-electron chi connectivity index (χ3n) is 6.72. The van der Waals surface area contributed by atoms with Crippen LogP contribution in [-0.2, 0) is 6.42 Å². The molecule has 3 fully saturated rings. The summed E-state index contributed by atoms with van der Waals surface area (Å²) in [6.07, 6.45) is 5.35. The van der Waals surface area contributed by atoms with Crippen molar-refractivity contribution in [3.63, 3.8) is 0 Å². The number of nitrogens with one attached hydrogen (secondary N) is 1. The molecule has 4 aliphatic rings. The monoisotopic (exact) mass is 345 g/mol. The van der Waals surface area contributed by atoms with E-state index in [-0.39, 0.29) is 12.4 Å². The van der Waals surface area contributed by atoms with Crippen molar-refractivity contribution >= 4 is 10.9 Å². The summed E-state index contributed by atoms with van der Waals surface area (Å²) in [5.74, 6) is 3.48. The first-order valence-corrected chi connectivity index (χ1v) is 9.21. The van der Waals surface area contributed by atoms with E-state index in [4.69, 9.17) is 4.74 Å². The number of halogens is 1. The lowest BCUT2D eigenvalue weighted by Crippen LogP contribution is -3.00. The van der Waals surface area contributed by atoms with Crippen LogP contribution in [0.25, 0.3) is 10.9 Å². The maximum absolute atomic E-state index is 5.46. The van der Waals surface area contributed by atoms with Crippen LogP contribution in [0, 0.1) is 11.8 Å². The van der Waals surface area contributed by atoms with Crippen LogP contribution in [0.2, 0.25) is 0 Å². The minimum Gasteiger partial charge on any atom is -1.00 e. The van der Waals surface area contributed by atoms with Gasteiger partial charge in [0.25, 0.3) is 0 Å². The smallest absolute Gasteiger partial charge is 0.119 e. The van der Waals surface area contributed by atoms with E-state index in [0.29, 0.717) is 5.92 Å². The number of methoxy groups -OCH3 is 1. The summed E-state index contributed by atoms with van der Waals surface area (Å²) < 4.78 is 5.46. The Morgan fingerprint density at radius 2 is 2.17 bits per heavy atom. The van der Waals surface area contributed by atoms with Gasteiger partial charge < -0.3 is 22.1 Å². The predicted molar refractivity (Wildman–Crippen MR) is 93.2 cm³/mol. The quantitative estimate of drug-likeness (QED) is 0.877. The van der Waals surface area contributed by atoms with Crippen molar-refractivity contribution in [3.05, 3.63) is 29.5 Å². The molecule has 1 aromatic carbocycles. The molecule has 3 aliphatic heterocycles. The van der Waals surface area contributed by atoms with Crippen LogP contribution in [-0.4, -0.2) is 36.1 Å². The Kier molecular flexibility index (Phi) is 4.04. The van der Waals surface area contributed by atoms with E-state index in [0.717, 1.165) is 23.6 Å². The lowest BCUT2D eigenvalue weighted by atomic mass is 9.65. The van der Waals surface area contributed by atoms with E-state index in [9.17, 15) is 0 Å². The summed E-state index contributed by atoms with van der Waals surface area (Å²) >= 11 is 0. The van der Waals surface area contributed by atoms with Crippen LogP contribution in [0.3, 0.4) is 0 Å². The molecule has 3 nitrogen and oxygen atoms in total. The Balaban J connectivity index is 0.00000146. The van der Waals surface area contributed by atoms with E-state index < -0.39 is 0 Å². The first-order valence-electron chi connectivity index (χ1n) is 9.21. The van der Waals surface area contributed by atoms with Crippen LogP contribution in [0.5, 0.6) is 5.75 Å². The molecule has 5 atom stereocenters. The molecular weight excluding hydrogens is 320 g/mol. The van der Waals surface area contributed by atoms with Gasteiger partial charge in [0.15, 0.2) is 0 Å². The fourth-order valence-electron chi connectivity index (χ4n) is 5.80. The second-order valence-electron chi connectivity index (χ2n) is 7.78. The molecule has 0 radical (unpaired) electrons. The maximum atomic E-state index is 5.46. The van der Waals surface area contributed by atoms with Crippen LogP contribution in [0.4, 0.5) is 0 Å². The molecule has 2 aromatic rings. The third kappa shape index (κ3) is 2.21. The van der Waals surface area contributed by atoms with Gasteiger partial charge in [-0.05, 0) is 54.9 Å². The van der Waals surface area contributed by atoms with Gasteiger partial charge in [-0.2, -0.15) is 0 Å². The molecule has 2 saturated heterocycles. The van der Waals surface area contributed by atoms with Gasteiger partial charge in [0.05, 0.1) is 7.11 Å². The standard InChI is InChI=1S/C20H26N2O.ClH/c1-3-13-8-12-9-17-19-15(6-7-22(11-12)20(13)17)16-10-14(23-2)4-5-18(16)21-19;/h4-5,10,12-13,17,20-21H,3,6-9,11H2,1-2H3;1H/p-1/t12-,13+,17+,20+;/m1./s1. The lowest BCUT2D eigenvalue weighted by Gasteiger charge is -2.53. The fraction of sp³-hybridized carbons (Fsp3) is 0.600. The first kappa shape index (κ1) is 16.3. The van der Waals surface area contributed by atoms with Gasteiger partial charge in [-0.1, -0.05) is 13.3 Å². The summed E-state index contributed by atoms with van der Waals surface area (Å²) in [4.78, 5) is 6.63. The van der Waals surface area contributed by atoms with Gasteiger partial charge in [0.1, 0.15) is 5.75 Å². The van der Waals surface area contributed by atoms with Crippen LogP contribution in [0.15, 0.2) is 18.2 Å². The number of fused-ring (bicyclic) bond motifs is 4. The topological polar surface area (TPSA) is 28.3 Å². The van der Waals surface area contributed by atoms with Gasteiger partial charge in [-0.25, -0.2) is 0 Å². The summed E-state index contributed by atoms with van der Waals surface area (Å²) in [6.45, 7) is 4.95. The third-order valence-corrected chi connectivity index (χ3v) is 6.72. The molecular formula is C20H26ClN2O-. The largest absolute Gasteiger partial charge is 1.00 e. The van der Waals surface area contributed by atoms with E-state index in [1.165, 1.54) is 49.7 Å². The molecule has 4 heterocycles. The van der Waals surface area contributed by atoms with Crippen molar-refractivity contribution in [2.24, 2.45) is 11.8 Å². The minimum atomic E-state index is 0. The van der Waals surface area contributed by atoms with Crippen LogP contribution >= 0.6 is 0 Å². The Morgan fingerprint density at radius 1 is 1.29 bits per heavy atom. The zero-order valence-corrected chi connectivity index (χ0v) is 15.3. The number of benzene rings is 1. The molecule has 4 bridgehead atoms. The van der Waals surface area contributed by atoms with Gasteiger partial charge in [-0.15, -0.1) is 0 Å². The molecule has 1 saturated carbocycles. The summed E-state index contributed by atoms with van der Waals surface area (Å²) in [7, 11) is 1.76. The molecule has 1 N–H and O–H groups in total. The average molecular weight is 346 g/mol. The average Bonchev–Trinajstić information content (AvgIpc) is 2.92. The zero-order chi connectivity index (χ0) is 15.6. The van der Waals surface area contributed by atoms with E-state index in [1.807, 2.05) is 0 Å². The number of H-pyrrole nitrogens is 1. The number of ether oxygens (including phenoxy) is 1. The second-order valence-corrected chi connectivity index (χ2v) is 7.78. The van der Waals surface area contributed by atoms with Gasteiger partial charge in [0.2, 0.25) is 0 Å². The molecule has 1 aliphatic carbocycles. The highest BCUT2D eigenvalue weighted by Gasteiger charge is 2.48. The van der Waals surface area contributed by atoms with E-state index in [2.05, 4.69) is 35.0 Å². The van der Waals surface area contributed by atoms with Crippen molar-refractivity contribution < 1.29 is 17.1 Å². The van der Waals surface area contributed by atoms with Gasteiger partial charge in [0, 0.05) is 41.6 Å².